The number of benzene rings is 1. The Labute approximate surface area is 104 Å². The minimum Gasteiger partial charge on any atom is -0.468 e. The van der Waals surface area contributed by atoms with Gasteiger partial charge in [-0.05, 0) is 24.3 Å². The van der Waals surface area contributed by atoms with Gasteiger partial charge >= 0.3 is 11.9 Å². The number of methoxy groups -OCH3 is 2. The predicted molar refractivity (Wildman–Crippen MR) is 62.1 cm³/mol. The number of hydrogen-bond acceptors (Lipinski definition) is 5. The van der Waals surface area contributed by atoms with E-state index in [1.54, 1.807) is 0 Å². The number of hydrogen-bond donors (Lipinski definition) is 1. The molecule has 1 amide bonds. The van der Waals surface area contributed by atoms with Crippen LogP contribution in [0, 0.1) is 0 Å². The Morgan fingerprint density at radius 2 is 1.56 bits per heavy atom. The van der Waals surface area contributed by atoms with Crippen LogP contribution in [0.5, 0.6) is 0 Å². The van der Waals surface area contributed by atoms with Crippen LogP contribution in [0.15, 0.2) is 24.3 Å². The number of carbonyl (C=O) groups is 3. The van der Waals surface area contributed by atoms with Gasteiger partial charge in [-0.2, -0.15) is 0 Å². The smallest absolute Gasteiger partial charge is 0.337 e. The number of carbonyl (C=O) groups excluding carboxylic acids is 3. The lowest BCUT2D eigenvalue weighted by Gasteiger charge is -2.04. The molecule has 0 aliphatic carbocycles. The second kappa shape index (κ2) is 6.39. The van der Waals surface area contributed by atoms with Gasteiger partial charge in [0, 0.05) is 5.56 Å². The van der Waals surface area contributed by atoms with Crippen molar-refractivity contribution in [3.8, 4) is 0 Å². The fourth-order valence-corrected chi connectivity index (χ4v) is 1.20. The van der Waals surface area contributed by atoms with Crippen LogP contribution in [0.2, 0.25) is 0 Å². The van der Waals surface area contributed by atoms with Crippen LogP contribution < -0.4 is 5.32 Å². The van der Waals surface area contributed by atoms with Crippen molar-refractivity contribution >= 4 is 17.8 Å². The first-order valence-electron chi connectivity index (χ1n) is 5.12. The first-order chi connectivity index (χ1) is 8.58. The molecule has 96 valence electrons. The molecule has 1 aromatic rings. The van der Waals surface area contributed by atoms with Crippen molar-refractivity contribution in [1.29, 1.82) is 0 Å². The van der Waals surface area contributed by atoms with Gasteiger partial charge in [0.2, 0.25) is 0 Å². The molecule has 1 rings (SSSR count). The van der Waals surface area contributed by atoms with Gasteiger partial charge in [0.25, 0.3) is 5.91 Å². The number of nitrogens with one attached hydrogen (secondary N) is 1. The minimum atomic E-state index is -0.533. The molecular formula is C12H13NO5. The molecule has 18 heavy (non-hydrogen) atoms. The molecule has 0 atom stereocenters. The molecule has 0 aromatic heterocycles. The zero-order chi connectivity index (χ0) is 13.5. The van der Waals surface area contributed by atoms with Crippen molar-refractivity contribution in [2.45, 2.75) is 0 Å². The van der Waals surface area contributed by atoms with Crippen LogP contribution in [0.1, 0.15) is 20.7 Å². The molecule has 0 aliphatic heterocycles. The number of esters is 2. The molecule has 0 saturated heterocycles. The van der Waals surface area contributed by atoms with E-state index in [0.717, 1.165) is 0 Å². The summed E-state index contributed by atoms with van der Waals surface area (Å²) >= 11 is 0. The molecule has 0 saturated carbocycles. The number of rotatable bonds is 4. The van der Waals surface area contributed by atoms with Crippen molar-refractivity contribution < 1.29 is 23.9 Å². The van der Waals surface area contributed by atoms with Gasteiger partial charge in [0.15, 0.2) is 0 Å². The summed E-state index contributed by atoms with van der Waals surface area (Å²) in [5.74, 6) is -1.43. The first-order valence-corrected chi connectivity index (χ1v) is 5.12. The normalized spacial score (nSPS) is 9.44. The molecule has 1 N–H and O–H groups in total. The maximum absolute atomic E-state index is 11.6. The summed E-state index contributed by atoms with van der Waals surface area (Å²) < 4.78 is 8.92. The molecule has 6 nitrogen and oxygen atoms in total. The van der Waals surface area contributed by atoms with Crippen molar-refractivity contribution in [3.05, 3.63) is 35.4 Å². The maximum atomic E-state index is 11.6. The summed E-state index contributed by atoms with van der Waals surface area (Å²) in [5.41, 5.74) is 0.688. The lowest BCUT2D eigenvalue weighted by Crippen LogP contribution is -2.30. The van der Waals surface area contributed by atoms with Gasteiger partial charge in [0.05, 0.1) is 19.8 Å². The lowest BCUT2D eigenvalue weighted by atomic mass is 10.1. The van der Waals surface area contributed by atoms with E-state index in [1.165, 1.54) is 38.5 Å². The Kier molecular flexibility index (Phi) is 4.86. The third-order valence-electron chi connectivity index (χ3n) is 2.19. The molecule has 0 spiro atoms. The van der Waals surface area contributed by atoms with E-state index in [2.05, 4.69) is 14.8 Å². The highest BCUT2D eigenvalue weighted by atomic mass is 16.5. The lowest BCUT2D eigenvalue weighted by molar-refractivity contribution is -0.139. The Balaban J connectivity index is 2.64. The van der Waals surface area contributed by atoms with E-state index in [1.807, 2.05) is 0 Å². The summed E-state index contributed by atoms with van der Waals surface area (Å²) in [6.45, 7) is -0.200. The van der Waals surface area contributed by atoms with Crippen molar-refractivity contribution in [2.75, 3.05) is 20.8 Å². The quantitative estimate of drug-likeness (QED) is 0.782. The van der Waals surface area contributed by atoms with E-state index in [0.29, 0.717) is 11.1 Å². The fraction of sp³-hybridized carbons (Fsp3) is 0.250. The summed E-state index contributed by atoms with van der Waals surface area (Å²) in [6.07, 6.45) is 0. The van der Waals surface area contributed by atoms with E-state index >= 15 is 0 Å². The summed E-state index contributed by atoms with van der Waals surface area (Å²) in [5, 5.41) is 2.38. The standard InChI is InChI=1S/C12H13NO5/c1-17-10(14)7-13-11(15)8-3-5-9(6-4-8)12(16)18-2/h3-6H,7H2,1-2H3,(H,13,15). The highest BCUT2D eigenvalue weighted by molar-refractivity contribution is 5.97. The van der Waals surface area contributed by atoms with Gasteiger partial charge < -0.3 is 14.8 Å². The van der Waals surface area contributed by atoms with Crippen LogP contribution in [0.3, 0.4) is 0 Å². The monoisotopic (exact) mass is 251 g/mol. The largest absolute Gasteiger partial charge is 0.468 e. The number of amides is 1. The summed E-state index contributed by atoms with van der Waals surface area (Å²) in [6, 6.07) is 5.88. The summed E-state index contributed by atoms with van der Waals surface area (Å²) in [4.78, 5) is 33.6. The Bertz CT molecular complexity index is 452. The fourth-order valence-electron chi connectivity index (χ4n) is 1.20. The number of ether oxygens (including phenoxy) is 2. The molecule has 0 fully saturated rings. The second-order valence-corrected chi connectivity index (χ2v) is 3.33. The van der Waals surface area contributed by atoms with Crippen molar-refractivity contribution in [3.63, 3.8) is 0 Å². The third kappa shape index (κ3) is 3.58. The average molecular weight is 251 g/mol. The third-order valence-corrected chi connectivity index (χ3v) is 2.19. The highest BCUT2D eigenvalue weighted by Gasteiger charge is 2.10. The molecular weight excluding hydrogens is 238 g/mol. The van der Waals surface area contributed by atoms with Gasteiger partial charge in [-0.3, -0.25) is 9.59 Å². The molecule has 0 radical (unpaired) electrons. The van der Waals surface area contributed by atoms with E-state index in [-0.39, 0.29) is 6.54 Å². The summed E-state index contributed by atoms with van der Waals surface area (Å²) in [7, 11) is 2.51. The maximum Gasteiger partial charge on any atom is 0.337 e. The Morgan fingerprint density at radius 1 is 1.00 bits per heavy atom. The van der Waals surface area contributed by atoms with Crippen LogP contribution in [0.25, 0.3) is 0 Å². The Hall–Kier alpha value is -2.37. The zero-order valence-electron chi connectivity index (χ0n) is 10.1. The molecule has 0 heterocycles. The van der Waals surface area contributed by atoms with Gasteiger partial charge in [-0.15, -0.1) is 0 Å². The topological polar surface area (TPSA) is 81.7 Å². The molecule has 0 unspecified atom stereocenters. The van der Waals surface area contributed by atoms with Gasteiger partial charge in [-0.25, -0.2) is 4.79 Å². The molecule has 6 heteroatoms. The van der Waals surface area contributed by atoms with E-state index in [9.17, 15) is 14.4 Å². The van der Waals surface area contributed by atoms with Gasteiger partial charge in [-0.1, -0.05) is 0 Å². The predicted octanol–water partition coefficient (Wildman–Crippen LogP) is 0.376. The second-order valence-electron chi connectivity index (χ2n) is 3.33. The molecule has 0 aliphatic rings. The minimum absolute atomic E-state index is 0.200. The molecule has 0 bridgehead atoms. The molecule has 1 aromatic carbocycles. The van der Waals surface area contributed by atoms with Crippen LogP contribution in [-0.2, 0) is 14.3 Å². The SMILES string of the molecule is COC(=O)CNC(=O)c1ccc(C(=O)OC)cc1. The van der Waals surface area contributed by atoms with Crippen LogP contribution in [-0.4, -0.2) is 38.6 Å². The van der Waals surface area contributed by atoms with Crippen molar-refractivity contribution in [1.82, 2.24) is 5.32 Å². The first kappa shape index (κ1) is 13.7. The Morgan fingerprint density at radius 3 is 2.06 bits per heavy atom. The highest BCUT2D eigenvalue weighted by Crippen LogP contribution is 2.05. The zero-order valence-corrected chi connectivity index (χ0v) is 10.1. The van der Waals surface area contributed by atoms with E-state index in [4.69, 9.17) is 0 Å². The average Bonchev–Trinajstić information content (AvgIpc) is 2.43. The van der Waals surface area contributed by atoms with Crippen LogP contribution >= 0.6 is 0 Å². The van der Waals surface area contributed by atoms with E-state index < -0.39 is 17.8 Å². The van der Waals surface area contributed by atoms with Crippen LogP contribution in [0.4, 0.5) is 0 Å². The van der Waals surface area contributed by atoms with Gasteiger partial charge in [0.1, 0.15) is 6.54 Å². The van der Waals surface area contributed by atoms with Crippen molar-refractivity contribution in [2.24, 2.45) is 0 Å².